The Hall–Kier alpha value is -2.79. The predicted octanol–water partition coefficient (Wildman–Crippen LogP) is 4.04. The second kappa shape index (κ2) is 7.40. The molecule has 3 aromatic rings. The number of hydrogen-bond acceptors (Lipinski definition) is 5. The standard InChI is InChI=1S/C20H22N4O/c1-4-5-6-19(25)18-7-13(2)16(12-23-18)17-8-14-11-24-20(21-3)9-15(14)10-22-17/h4,7-12,19,25H,1,5-6H2,2-3H3,(H,21,24)/t19-/m1/s1. The van der Waals surface area contributed by atoms with Gasteiger partial charge in [0.15, 0.2) is 0 Å². The second-order valence-electron chi connectivity index (χ2n) is 6.04. The van der Waals surface area contributed by atoms with Crippen molar-refractivity contribution < 1.29 is 5.11 Å². The van der Waals surface area contributed by atoms with Crippen LogP contribution in [0.1, 0.15) is 30.2 Å². The fraction of sp³-hybridized carbons (Fsp3) is 0.250. The van der Waals surface area contributed by atoms with Crippen LogP contribution in [0.25, 0.3) is 22.0 Å². The van der Waals surface area contributed by atoms with E-state index in [1.165, 1.54) is 0 Å². The van der Waals surface area contributed by atoms with Gasteiger partial charge in [-0.05, 0) is 43.5 Å². The van der Waals surface area contributed by atoms with Gasteiger partial charge in [-0.3, -0.25) is 9.97 Å². The maximum Gasteiger partial charge on any atom is 0.126 e. The van der Waals surface area contributed by atoms with Crippen molar-refractivity contribution >= 4 is 16.6 Å². The molecule has 0 aliphatic heterocycles. The van der Waals surface area contributed by atoms with Crippen molar-refractivity contribution in [3.05, 3.63) is 60.7 Å². The first kappa shape index (κ1) is 17.0. The van der Waals surface area contributed by atoms with Gasteiger partial charge in [0.05, 0.1) is 17.5 Å². The van der Waals surface area contributed by atoms with Gasteiger partial charge >= 0.3 is 0 Å². The van der Waals surface area contributed by atoms with Crippen LogP contribution in [-0.2, 0) is 0 Å². The van der Waals surface area contributed by atoms with E-state index >= 15 is 0 Å². The Morgan fingerprint density at radius 3 is 2.60 bits per heavy atom. The van der Waals surface area contributed by atoms with Crippen LogP contribution in [0.4, 0.5) is 5.82 Å². The number of fused-ring (bicyclic) bond motifs is 1. The highest BCUT2D eigenvalue weighted by atomic mass is 16.3. The number of pyridine rings is 3. The average Bonchev–Trinajstić information content (AvgIpc) is 2.65. The van der Waals surface area contributed by atoms with Gasteiger partial charge in [-0.25, -0.2) is 4.98 Å². The van der Waals surface area contributed by atoms with E-state index in [9.17, 15) is 5.11 Å². The van der Waals surface area contributed by atoms with E-state index in [4.69, 9.17) is 0 Å². The topological polar surface area (TPSA) is 70.9 Å². The highest BCUT2D eigenvalue weighted by Gasteiger charge is 2.12. The molecule has 1 atom stereocenters. The average molecular weight is 334 g/mol. The molecule has 3 rings (SSSR count). The third-order valence-electron chi connectivity index (χ3n) is 4.25. The van der Waals surface area contributed by atoms with Crippen LogP contribution < -0.4 is 5.32 Å². The lowest BCUT2D eigenvalue weighted by molar-refractivity contribution is 0.164. The molecule has 0 saturated heterocycles. The molecule has 3 heterocycles. The summed E-state index contributed by atoms with van der Waals surface area (Å²) in [5.41, 5.74) is 3.53. The van der Waals surface area contributed by atoms with E-state index in [1.54, 1.807) is 12.3 Å². The molecule has 5 heteroatoms. The molecule has 128 valence electrons. The molecule has 0 amide bonds. The first-order valence-electron chi connectivity index (χ1n) is 8.32. The van der Waals surface area contributed by atoms with Gasteiger partial charge in [-0.2, -0.15) is 0 Å². The number of aromatic nitrogens is 3. The highest BCUT2D eigenvalue weighted by molar-refractivity contribution is 5.86. The fourth-order valence-electron chi connectivity index (χ4n) is 2.77. The smallest absolute Gasteiger partial charge is 0.126 e. The third kappa shape index (κ3) is 3.67. The lowest BCUT2D eigenvalue weighted by Gasteiger charge is -2.12. The van der Waals surface area contributed by atoms with Crippen LogP contribution in [0.15, 0.2) is 49.4 Å². The summed E-state index contributed by atoms with van der Waals surface area (Å²) in [4.78, 5) is 13.3. The van der Waals surface area contributed by atoms with E-state index in [0.29, 0.717) is 12.1 Å². The predicted molar refractivity (Wildman–Crippen MR) is 101 cm³/mol. The molecule has 3 aromatic heterocycles. The Kier molecular flexibility index (Phi) is 5.05. The molecule has 0 aromatic carbocycles. The van der Waals surface area contributed by atoms with E-state index in [2.05, 4.69) is 26.8 Å². The van der Waals surface area contributed by atoms with Crippen molar-refractivity contribution in [1.29, 1.82) is 0 Å². The molecular weight excluding hydrogens is 312 g/mol. The van der Waals surface area contributed by atoms with Gasteiger partial charge in [-0.15, -0.1) is 6.58 Å². The van der Waals surface area contributed by atoms with E-state index < -0.39 is 6.10 Å². The molecule has 0 spiro atoms. The van der Waals surface area contributed by atoms with Gasteiger partial charge in [0, 0.05) is 42.0 Å². The number of aliphatic hydroxyl groups is 1. The molecule has 0 aliphatic carbocycles. The summed E-state index contributed by atoms with van der Waals surface area (Å²) < 4.78 is 0. The highest BCUT2D eigenvalue weighted by Crippen LogP contribution is 2.27. The van der Waals surface area contributed by atoms with Gasteiger partial charge in [-0.1, -0.05) is 6.08 Å². The van der Waals surface area contributed by atoms with Crippen LogP contribution in [0.5, 0.6) is 0 Å². The number of aliphatic hydroxyl groups excluding tert-OH is 1. The number of nitrogens with zero attached hydrogens (tertiary/aromatic N) is 3. The summed E-state index contributed by atoms with van der Waals surface area (Å²) >= 11 is 0. The fourth-order valence-corrected chi connectivity index (χ4v) is 2.77. The number of anilines is 1. The Morgan fingerprint density at radius 1 is 1.12 bits per heavy atom. The summed E-state index contributed by atoms with van der Waals surface area (Å²) in [6, 6.07) is 5.91. The normalized spacial score (nSPS) is 12.1. The molecule has 0 saturated carbocycles. The van der Waals surface area contributed by atoms with Crippen molar-refractivity contribution in [1.82, 2.24) is 15.0 Å². The summed E-state index contributed by atoms with van der Waals surface area (Å²) in [5.74, 6) is 0.817. The van der Waals surface area contributed by atoms with E-state index in [0.717, 1.165) is 39.8 Å². The Bertz CT molecular complexity index is 907. The first-order chi connectivity index (χ1) is 12.1. The molecule has 0 unspecified atom stereocenters. The lowest BCUT2D eigenvalue weighted by Crippen LogP contribution is -2.01. The monoisotopic (exact) mass is 334 g/mol. The van der Waals surface area contributed by atoms with Crippen LogP contribution in [-0.4, -0.2) is 27.1 Å². The van der Waals surface area contributed by atoms with Crippen LogP contribution in [0, 0.1) is 6.92 Å². The number of rotatable bonds is 6. The molecule has 25 heavy (non-hydrogen) atoms. The maximum absolute atomic E-state index is 10.2. The number of nitrogens with one attached hydrogen (secondary N) is 1. The third-order valence-corrected chi connectivity index (χ3v) is 4.25. The molecule has 2 N–H and O–H groups in total. The number of allylic oxidation sites excluding steroid dienone is 1. The molecule has 5 nitrogen and oxygen atoms in total. The van der Waals surface area contributed by atoms with Crippen molar-refractivity contribution in [2.24, 2.45) is 0 Å². The molecule has 0 aliphatic rings. The lowest BCUT2D eigenvalue weighted by atomic mass is 10.0. The zero-order valence-corrected chi connectivity index (χ0v) is 14.5. The van der Waals surface area contributed by atoms with E-state index in [1.807, 2.05) is 44.6 Å². The molecule has 0 radical (unpaired) electrons. The van der Waals surface area contributed by atoms with Crippen LogP contribution in [0.3, 0.4) is 0 Å². The van der Waals surface area contributed by atoms with Crippen molar-refractivity contribution in [2.45, 2.75) is 25.9 Å². The Morgan fingerprint density at radius 2 is 1.88 bits per heavy atom. The Labute approximate surface area is 147 Å². The van der Waals surface area contributed by atoms with Gasteiger partial charge in [0.1, 0.15) is 5.82 Å². The summed E-state index contributed by atoms with van der Waals surface area (Å²) in [7, 11) is 1.84. The minimum atomic E-state index is -0.570. The summed E-state index contributed by atoms with van der Waals surface area (Å²) in [5, 5.41) is 15.3. The minimum Gasteiger partial charge on any atom is -0.387 e. The summed E-state index contributed by atoms with van der Waals surface area (Å²) in [6.45, 7) is 5.69. The van der Waals surface area contributed by atoms with Gasteiger partial charge in [0.2, 0.25) is 0 Å². The SMILES string of the molecule is C=CCC[C@@H](O)c1cc(C)c(-c2cc3cnc(NC)cc3cn2)cn1. The quantitative estimate of drug-likeness (QED) is 0.666. The van der Waals surface area contributed by atoms with E-state index in [-0.39, 0.29) is 0 Å². The minimum absolute atomic E-state index is 0.570. The maximum atomic E-state index is 10.2. The number of hydrogen-bond donors (Lipinski definition) is 2. The van der Waals surface area contributed by atoms with Gasteiger partial charge in [0.25, 0.3) is 0 Å². The second-order valence-corrected chi connectivity index (χ2v) is 6.04. The van der Waals surface area contributed by atoms with Crippen LogP contribution in [0.2, 0.25) is 0 Å². The Balaban J connectivity index is 1.93. The zero-order valence-electron chi connectivity index (χ0n) is 14.5. The largest absolute Gasteiger partial charge is 0.387 e. The van der Waals surface area contributed by atoms with Gasteiger partial charge < -0.3 is 10.4 Å². The summed E-state index contributed by atoms with van der Waals surface area (Å²) in [6.07, 6.45) is 8.09. The van der Waals surface area contributed by atoms with Crippen molar-refractivity contribution in [3.8, 4) is 11.3 Å². The zero-order chi connectivity index (χ0) is 17.8. The number of aryl methyl sites for hydroxylation is 1. The molecular formula is C20H22N4O. The van der Waals surface area contributed by atoms with Crippen LogP contribution >= 0.6 is 0 Å². The van der Waals surface area contributed by atoms with Crippen molar-refractivity contribution in [3.63, 3.8) is 0 Å². The molecule has 0 fully saturated rings. The first-order valence-corrected chi connectivity index (χ1v) is 8.32. The molecule has 0 bridgehead atoms. The van der Waals surface area contributed by atoms with Crippen molar-refractivity contribution in [2.75, 3.05) is 12.4 Å².